The fraction of sp³-hybridized carbons (Fsp3) is 0.263. The summed E-state index contributed by atoms with van der Waals surface area (Å²) in [5.41, 5.74) is 1.13. The van der Waals surface area contributed by atoms with Gasteiger partial charge in [0.1, 0.15) is 0 Å². The van der Waals surface area contributed by atoms with Crippen molar-refractivity contribution >= 4 is 40.9 Å². The zero-order valence-electron chi connectivity index (χ0n) is 14.4. The second-order valence-corrected chi connectivity index (χ2v) is 7.28. The van der Waals surface area contributed by atoms with Gasteiger partial charge in [-0.3, -0.25) is 9.59 Å². The molecule has 2 aromatic carbocycles. The lowest BCUT2D eigenvalue weighted by Crippen LogP contribution is -2.31. The Morgan fingerprint density at radius 2 is 1.84 bits per heavy atom. The first kappa shape index (κ1) is 19.3. The van der Waals surface area contributed by atoms with Gasteiger partial charge in [-0.15, -0.1) is 0 Å². The highest BCUT2D eigenvalue weighted by Crippen LogP contribution is 2.34. The molecule has 0 fully saturated rings. The maximum Gasteiger partial charge on any atom is 0.251 e. The maximum absolute atomic E-state index is 12.3. The van der Waals surface area contributed by atoms with Gasteiger partial charge < -0.3 is 10.6 Å². The van der Waals surface area contributed by atoms with E-state index in [0.717, 1.165) is 16.2 Å². The average Bonchev–Trinajstić information content (AvgIpc) is 2.57. The van der Waals surface area contributed by atoms with Crippen molar-refractivity contribution in [3.63, 3.8) is 0 Å². The van der Waals surface area contributed by atoms with Crippen molar-refractivity contribution in [3.8, 4) is 0 Å². The van der Waals surface area contributed by atoms with E-state index in [4.69, 9.17) is 11.6 Å². The van der Waals surface area contributed by atoms with Crippen LogP contribution in [0.2, 0.25) is 5.02 Å². The van der Waals surface area contributed by atoms with Crippen LogP contribution in [0, 0.1) is 0 Å². The molecular weight excluding hydrogens is 356 g/mol. The second-order valence-electron chi connectivity index (χ2n) is 5.73. The molecule has 0 aliphatic heterocycles. The number of nitrogens with one attached hydrogen (secondary N) is 2. The molecule has 2 aromatic rings. The standard InChI is InChI=1S/C19H21ClN2O2S/c1-4-12(2)21-19(24)14-5-10-18(17(11-14)22-13(3)23)25-16-8-6-15(20)7-9-16/h5-12H,4H2,1-3H3,(H,21,24)(H,22,23)/t12-/m1/s1. The molecule has 0 saturated heterocycles. The first-order chi connectivity index (χ1) is 11.9. The molecule has 2 amide bonds. The molecule has 132 valence electrons. The Balaban J connectivity index is 2.28. The van der Waals surface area contributed by atoms with E-state index in [9.17, 15) is 9.59 Å². The first-order valence-corrected chi connectivity index (χ1v) is 9.24. The van der Waals surface area contributed by atoms with Gasteiger partial charge in [-0.05, 0) is 55.8 Å². The van der Waals surface area contributed by atoms with Crippen molar-refractivity contribution < 1.29 is 9.59 Å². The van der Waals surface area contributed by atoms with Crippen LogP contribution < -0.4 is 10.6 Å². The monoisotopic (exact) mass is 376 g/mol. The van der Waals surface area contributed by atoms with E-state index < -0.39 is 0 Å². The third kappa shape index (κ3) is 5.80. The lowest BCUT2D eigenvalue weighted by Gasteiger charge is -2.14. The number of halogens is 1. The Hall–Kier alpha value is -1.98. The molecule has 0 aliphatic carbocycles. The molecule has 0 spiro atoms. The molecule has 2 rings (SSSR count). The summed E-state index contributed by atoms with van der Waals surface area (Å²) in [6.07, 6.45) is 0.856. The largest absolute Gasteiger partial charge is 0.350 e. The summed E-state index contributed by atoms with van der Waals surface area (Å²) in [6.45, 7) is 5.42. The molecule has 0 aromatic heterocycles. The van der Waals surface area contributed by atoms with Crippen LogP contribution in [0.3, 0.4) is 0 Å². The van der Waals surface area contributed by atoms with Gasteiger partial charge in [0.15, 0.2) is 0 Å². The number of anilines is 1. The number of hydrogen-bond acceptors (Lipinski definition) is 3. The van der Waals surface area contributed by atoms with Crippen molar-refractivity contribution in [2.24, 2.45) is 0 Å². The van der Waals surface area contributed by atoms with Crippen molar-refractivity contribution in [1.29, 1.82) is 0 Å². The van der Waals surface area contributed by atoms with Crippen LogP contribution in [0.4, 0.5) is 5.69 Å². The molecule has 4 nitrogen and oxygen atoms in total. The smallest absolute Gasteiger partial charge is 0.251 e. The summed E-state index contributed by atoms with van der Waals surface area (Å²) in [5.74, 6) is -0.332. The molecule has 0 radical (unpaired) electrons. The highest BCUT2D eigenvalue weighted by atomic mass is 35.5. The Morgan fingerprint density at radius 1 is 1.16 bits per heavy atom. The van der Waals surface area contributed by atoms with Gasteiger partial charge in [0.05, 0.1) is 5.69 Å². The summed E-state index contributed by atoms with van der Waals surface area (Å²) in [5, 5.41) is 6.40. The highest BCUT2D eigenvalue weighted by Gasteiger charge is 2.13. The lowest BCUT2D eigenvalue weighted by molar-refractivity contribution is -0.114. The maximum atomic E-state index is 12.3. The molecule has 0 unspecified atom stereocenters. The van der Waals surface area contributed by atoms with E-state index in [-0.39, 0.29) is 17.9 Å². The molecule has 0 aliphatic rings. The molecule has 0 heterocycles. The van der Waals surface area contributed by atoms with Gasteiger partial charge in [-0.2, -0.15) is 0 Å². The van der Waals surface area contributed by atoms with Gasteiger partial charge in [0.2, 0.25) is 5.91 Å². The van der Waals surface area contributed by atoms with Gasteiger partial charge in [-0.25, -0.2) is 0 Å². The van der Waals surface area contributed by atoms with Crippen molar-refractivity contribution in [1.82, 2.24) is 5.32 Å². The lowest BCUT2D eigenvalue weighted by atomic mass is 10.1. The topological polar surface area (TPSA) is 58.2 Å². The van der Waals surface area contributed by atoms with E-state index in [1.54, 1.807) is 12.1 Å². The fourth-order valence-electron chi connectivity index (χ4n) is 2.09. The van der Waals surface area contributed by atoms with Crippen molar-refractivity contribution in [3.05, 3.63) is 53.1 Å². The molecule has 2 N–H and O–H groups in total. The van der Waals surface area contributed by atoms with Crippen LogP contribution in [0.1, 0.15) is 37.6 Å². The molecule has 1 atom stereocenters. The quantitative estimate of drug-likeness (QED) is 0.747. The number of amides is 2. The van der Waals surface area contributed by atoms with Crippen molar-refractivity contribution in [2.75, 3.05) is 5.32 Å². The number of hydrogen-bond donors (Lipinski definition) is 2. The van der Waals surface area contributed by atoms with Gasteiger partial charge in [0, 0.05) is 33.3 Å². The van der Waals surface area contributed by atoms with Crippen molar-refractivity contribution in [2.45, 2.75) is 43.0 Å². The van der Waals surface area contributed by atoms with Crippen LogP contribution >= 0.6 is 23.4 Å². The summed E-state index contributed by atoms with van der Waals surface area (Å²) < 4.78 is 0. The van der Waals surface area contributed by atoms with Crippen LogP contribution in [-0.2, 0) is 4.79 Å². The number of carbonyl (C=O) groups is 2. The third-order valence-corrected chi connectivity index (χ3v) is 4.92. The van der Waals surface area contributed by atoms with Crippen LogP contribution in [-0.4, -0.2) is 17.9 Å². The van der Waals surface area contributed by atoms with Crippen LogP contribution in [0.5, 0.6) is 0 Å². The molecule has 0 saturated carbocycles. The molecule has 6 heteroatoms. The van der Waals surface area contributed by atoms with E-state index in [0.29, 0.717) is 16.3 Å². The Morgan fingerprint density at radius 3 is 2.44 bits per heavy atom. The van der Waals surface area contributed by atoms with E-state index in [1.807, 2.05) is 44.2 Å². The van der Waals surface area contributed by atoms with E-state index in [1.165, 1.54) is 18.7 Å². The minimum absolute atomic E-state index is 0.0971. The summed E-state index contributed by atoms with van der Waals surface area (Å²) >= 11 is 7.41. The normalized spacial score (nSPS) is 11.7. The zero-order valence-corrected chi connectivity index (χ0v) is 16.0. The highest BCUT2D eigenvalue weighted by molar-refractivity contribution is 7.99. The predicted octanol–water partition coefficient (Wildman–Crippen LogP) is 4.98. The summed E-state index contributed by atoms with van der Waals surface area (Å²) in [6, 6.07) is 12.9. The number of benzene rings is 2. The fourth-order valence-corrected chi connectivity index (χ4v) is 3.09. The minimum atomic E-state index is -0.183. The average molecular weight is 377 g/mol. The van der Waals surface area contributed by atoms with Crippen LogP contribution in [0.15, 0.2) is 52.3 Å². The minimum Gasteiger partial charge on any atom is -0.350 e. The zero-order chi connectivity index (χ0) is 18.4. The molecule has 25 heavy (non-hydrogen) atoms. The van der Waals surface area contributed by atoms with E-state index in [2.05, 4.69) is 10.6 Å². The number of rotatable bonds is 6. The van der Waals surface area contributed by atoms with Gasteiger partial charge >= 0.3 is 0 Å². The second kappa shape index (κ2) is 8.92. The number of carbonyl (C=O) groups excluding carboxylic acids is 2. The predicted molar refractivity (Wildman–Crippen MR) is 104 cm³/mol. The van der Waals surface area contributed by atoms with Gasteiger partial charge in [0.25, 0.3) is 5.91 Å². The Labute approximate surface area is 157 Å². The molecular formula is C19H21ClN2O2S. The van der Waals surface area contributed by atoms with Crippen LogP contribution in [0.25, 0.3) is 0 Å². The molecule has 0 bridgehead atoms. The third-order valence-electron chi connectivity index (χ3n) is 3.58. The summed E-state index contributed by atoms with van der Waals surface area (Å²) in [7, 11) is 0. The Kier molecular flexibility index (Phi) is 6.91. The van der Waals surface area contributed by atoms with Gasteiger partial charge in [-0.1, -0.05) is 30.3 Å². The summed E-state index contributed by atoms with van der Waals surface area (Å²) in [4.78, 5) is 25.7. The Bertz CT molecular complexity index is 763. The van der Waals surface area contributed by atoms with E-state index >= 15 is 0 Å². The SMILES string of the molecule is CC[C@@H](C)NC(=O)c1ccc(Sc2ccc(Cl)cc2)c(NC(C)=O)c1. The first-order valence-electron chi connectivity index (χ1n) is 8.05.